The number of hydrogen-bond acceptors (Lipinski definition) is 2. The van der Waals surface area contributed by atoms with Crippen LogP contribution in [0, 0.1) is 11.8 Å². The van der Waals surface area contributed by atoms with Crippen molar-refractivity contribution in [2.24, 2.45) is 17.6 Å². The van der Waals surface area contributed by atoms with Crippen molar-refractivity contribution in [1.82, 2.24) is 4.90 Å². The maximum Gasteiger partial charge on any atom is 0.233 e. The summed E-state index contributed by atoms with van der Waals surface area (Å²) in [4.78, 5) is 15.1. The van der Waals surface area contributed by atoms with Crippen molar-refractivity contribution >= 4 is 17.5 Å². The van der Waals surface area contributed by atoms with Crippen LogP contribution in [0.3, 0.4) is 0 Å². The molecule has 2 aliphatic carbocycles. The summed E-state index contributed by atoms with van der Waals surface area (Å²) in [5, 5.41) is 0.726. The minimum Gasteiger partial charge on any atom is -0.341 e. The predicted octanol–water partition coefficient (Wildman–Crippen LogP) is 2.57. The SMILES string of the molecule is NC1CCC2CN(C(=O)C3(c4ccc(Cl)cc4)CC3)CC12. The van der Waals surface area contributed by atoms with Crippen molar-refractivity contribution in [3.8, 4) is 0 Å². The van der Waals surface area contributed by atoms with Crippen LogP contribution in [0.5, 0.6) is 0 Å². The molecule has 3 atom stereocenters. The third kappa shape index (κ3) is 2.09. The smallest absolute Gasteiger partial charge is 0.233 e. The molecule has 4 heteroatoms. The largest absolute Gasteiger partial charge is 0.341 e. The second-order valence-electron chi connectivity index (χ2n) is 6.96. The molecule has 112 valence electrons. The van der Waals surface area contributed by atoms with E-state index in [0.717, 1.165) is 42.9 Å². The first-order chi connectivity index (χ1) is 10.1. The van der Waals surface area contributed by atoms with Crippen molar-refractivity contribution < 1.29 is 4.79 Å². The molecule has 0 spiro atoms. The average molecular weight is 305 g/mol. The molecule has 1 saturated heterocycles. The first-order valence-corrected chi connectivity index (χ1v) is 8.29. The van der Waals surface area contributed by atoms with E-state index in [1.165, 1.54) is 6.42 Å². The fraction of sp³-hybridized carbons (Fsp3) is 0.588. The van der Waals surface area contributed by atoms with Gasteiger partial charge in [-0.15, -0.1) is 0 Å². The molecule has 1 aromatic carbocycles. The normalized spacial score (nSPS) is 33.0. The zero-order chi connectivity index (χ0) is 14.6. The minimum atomic E-state index is -0.271. The molecule has 1 aliphatic heterocycles. The summed E-state index contributed by atoms with van der Waals surface area (Å²) in [5.41, 5.74) is 7.03. The molecular formula is C17H21ClN2O. The van der Waals surface area contributed by atoms with Crippen LogP contribution in [0.1, 0.15) is 31.2 Å². The molecule has 1 amide bonds. The lowest BCUT2D eigenvalue weighted by Gasteiger charge is -2.25. The molecule has 4 rings (SSSR count). The van der Waals surface area contributed by atoms with E-state index < -0.39 is 0 Å². The van der Waals surface area contributed by atoms with Gasteiger partial charge in [-0.2, -0.15) is 0 Å². The lowest BCUT2D eigenvalue weighted by atomic mass is 9.94. The number of likely N-dealkylation sites (tertiary alicyclic amines) is 1. The van der Waals surface area contributed by atoms with Gasteiger partial charge in [-0.05, 0) is 55.2 Å². The Morgan fingerprint density at radius 3 is 2.52 bits per heavy atom. The Balaban J connectivity index is 1.54. The van der Waals surface area contributed by atoms with Crippen molar-refractivity contribution in [1.29, 1.82) is 0 Å². The molecule has 21 heavy (non-hydrogen) atoms. The predicted molar refractivity (Wildman–Crippen MR) is 83.1 cm³/mol. The third-order valence-electron chi connectivity index (χ3n) is 5.76. The van der Waals surface area contributed by atoms with Gasteiger partial charge in [0.25, 0.3) is 0 Å². The van der Waals surface area contributed by atoms with Crippen molar-refractivity contribution in [2.45, 2.75) is 37.1 Å². The van der Waals surface area contributed by atoms with E-state index in [9.17, 15) is 4.79 Å². The summed E-state index contributed by atoms with van der Waals surface area (Å²) in [7, 11) is 0. The number of carbonyl (C=O) groups is 1. The number of fused-ring (bicyclic) bond motifs is 1. The average Bonchev–Trinajstić information content (AvgIpc) is 3.06. The molecule has 0 aromatic heterocycles. The van der Waals surface area contributed by atoms with Gasteiger partial charge in [0.1, 0.15) is 0 Å². The van der Waals surface area contributed by atoms with E-state index in [2.05, 4.69) is 4.90 Å². The molecule has 3 unspecified atom stereocenters. The van der Waals surface area contributed by atoms with Gasteiger partial charge < -0.3 is 10.6 Å². The molecule has 2 N–H and O–H groups in total. The molecule has 1 heterocycles. The van der Waals surface area contributed by atoms with E-state index >= 15 is 0 Å². The second-order valence-corrected chi connectivity index (χ2v) is 7.40. The highest BCUT2D eigenvalue weighted by Gasteiger charge is 2.55. The lowest BCUT2D eigenvalue weighted by molar-refractivity contribution is -0.133. The molecule has 3 aliphatic rings. The zero-order valence-corrected chi connectivity index (χ0v) is 12.9. The van der Waals surface area contributed by atoms with E-state index in [1.54, 1.807) is 0 Å². The summed E-state index contributed by atoms with van der Waals surface area (Å²) < 4.78 is 0. The molecule has 0 radical (unpaired) electrons. The van der Waals surface area contributed by atoms with Gasteiger partial charge in [0.05, 0.1) is 5.41 Å². The van der Waals surface area contributed by atoms with Crippen LogP contribution in [0.4, 0.5) is 0 Å². The topological polar surface area (TPSA) is 46.3 Å². The fourth-order valence-electron chi connectivity index (χ4n) is 4.30. The molecule has 3 nitrogen and oxygen atoms in total. The quantitative estimate of drug-likeness (QED) is 0.913. The van der Waals surface area contributed by atoms with Gasteiger partial charge in [0, 0.05) is 24.2 Å². The highest BCUT2D eigenvalue weighted by Crippen LogP contribution is 2.51. The van der Waals surface area contributed by atoms with Gasteiger partial charge in [-0.3, -0.25) is 4.79 Å². The van der Waals surface area contributed by atoms with Gasteiger partial charge >= 0.3 is 0 Å². The Kier molecular flexibility index (Phi) is 3.05. The summed E-state index contributed by atoms with van der Waals surface area (Å²) in [6.45, 7) is 1.77. The van der Waals surface area contributed by atoms with Gasteiger partial charge in [0.2, 0.25) is 5.91 Å². The number of nitrogens with two attached hydrogens (primary N) is 1. The number of halogens is 1. The number of benzene rings is 1. The van der Waals surface area contributed by atoms with Gasteiger partial charge in [-0.1, -0.05) is 23.7 Å². The van der Waals surface area contributed by atoms with Crippen LogP contribution in [-0.4, -0.2) is 29.9 Å². The maximum atomic E-state index is 13.0. The first-order valence-electron chi connectivity index (χ1n) is 7.91. The molecule has 0 bridgehead atoms. The van der Waals surface area contributed by atoms with Crippen LogP contribution in [-0.2, 0) is 10.2 Å². The van der Waals surface area contributed by atoms with Crippen LogP contribution in [0.25, 0.3) is 0 Å². The summed E-state index contributed by atoms with van der Waals surface area (Å²) in [5.74, 6) is 1.46. The zero-order valence-electron chi connectivity index (χ0n) is 12.1. The van der Waals surface area contributed by atoms with E-state index in [1.807, 2.05) is 24.3 Å². The maximum absolute atomic E-state index is 13.0. The Morgan fingerprint density at radius 1 is 1.19 bits per heavy atom. The van der Waals surface area contributed by atoms with Crippen LogP contribution in [0.15, 0.2) is 24.3 Å². The highest BCUT2D eigenvalue weighted by atomic mass is 35.5. The fourth-order valence-corrected chi connectivity index (χ4v) is 4.42. The Bertz CT molecular complexity index is 567. The summed E-state index contributed by atoms with van der Waals surface area (Å²) >= 11 is 5.96. The molecular weight excluding hydrogens is 284 g/mol. The van der Waals surface area contributed by atoms with Crippen LogP contribution >= 0.6 is 11.6 Å². The number of hydrogen-bond donors (Lipinski definition) is 1. The minimum absolute atomic E-state index is 0.271. The monoisotopic (exact) mass is 304 g/mol. The molecule has 3 fully saturated rings. The lowest BCUT2D eigenvalue weighted by Crippen LogP contribution is -2.39. The third-order valence-corrected chi connectivity index (χ3v) is 6.01. The second kappa shape index (κ2) is 4.72. The Hall–Kier alpha value is -1.06. The van der Waals surface area contributed by atoms with Gasteiger partial charge in [0.15, 0.2) is 0 Å². The first kappa shape index (κ1) is 13.6. The van der Waals surface area contributed by atoms with Crippen molar-refractivity contribution in [3.63, 3.8) is 0 Å². The number of amides is 1. The van der Waals surface area contributed by atoms with E-state index in [0.29, 0.717) is 23.8 Å². The van der Waals surface area contributed by atoms with Crippen molar-refractivity contribution in [3.05, 3.63) is 34.9 Å². The molecule has 2 saturated carbocycles. The highest BCUT2D eigenvalue weighted by molar-refractivity contribution is 6.30. The standard InChI is InChI=1S/C17H21ClN2O/c18-13-4-2-12(3-5-13)17(7-8-17)16(21)20-9-11-1-6-15(19)14(11)10-20/h2-5,11,14-15H,1,6-10,19H2. The van der Waals surface area contributed by atoms with E-state index in [4.69, 9.17) is 17.3 Å². The number of nitrogens with zero attached hydrogens (tertiary/aromatic N) is 1. The Labute approximate surface area is 130 Å². The number of rotatable bonds is 2. The summed E-state index contributed by atoms with van der Waals surface area (Å²) in [6, 6.07) is 8.09. The molecule has 1 aromatic rings. The Morgan fingerprint density at radius 2 is 1.90 bits per heavy atom. The van der Waals surface area contributed by atoms with Gasteiger partial charge in [-0.25, -0.2) is 0 Å². The van der Waals surface area contributed by atoms with Crippen molar-refractivity contribution in [2.75, 3.05) is 13.1 Å². The summed E-state index contributed by atoms with van der Waals surface area (Å²) in [6.07, 6.45) is 4.24. The van der Waals surface area contributed by atoms with Crippen LogP contribution < -0.4 is 5.73 Å². The van der Waals surface area contributed by atoms with Crippen LogP contribution in [0.2, 0.25) is 5.02 Å². The number of carbonyl (C=O) groups excluding carboxylic acids is 1. The van der Waals surface area contributed by atoms with E-state index in [-0.39, 0.29) is 5.41 Å².